The second-order valence-corrected chi connectivity index (χ2v) is 13.7. The summed E-state index contributed by atoms with van der Waals surface area (Å²) >= 11 is 0. The predicted molar refractivity (Wildman–Crippen MR) is 202 cm³/mol. The van der Waals surface area contributed by atoms with E-state index in [2.05, 4.69) is 113 Å². The third-order valence-corrected chi connectivity index (χ3v) is 10.3. The number of anilines is 2. The molecule has 0 amide bonds. The Kier molecular flexibility index (Phi) is 8.93. The van der Waals surface area contributed by atoms with E-state index in [0.717, 1.165) is 76.7 Å². The van der Waals surface area contributed by atoms with E-state index in [1.165, 1.54) is 47.9 Å². The zero-order valence-corrected chi connectivity index (χ0v) is 31.5. The maximum Gasteiger partial charge on any atom is 2.00 e. The van der Waals surface area contributed by atoms with Crippen LogP contribution >= 0.6 is 0 Å². The molecule has 9 rings (SSSR count). The van der Waals surface area contributed by atoms with Gasteiger partial charge in [-0.1, -0.05) is 41.9 Å². The molecule has 0 aliphatic carbocycles. The number of nitrogens with zero attached hydrogens (tertiary/aromatic N) is 6. The Bertz CT molecular complexity index is 2360. The second-order valence-electron chi connectivity index (χ2n) is 13.7. The Labute approximate surface area is 313 Å². The van der Waals surface area contributed by atoms with Crippen LogP contribution in [0, 0.1) is 32.9 Å². The number of hydrogen-bond acceptors (Lipinski definition) is 5. The summed E-state index contributed by atoms with van der Waals surface area (Å²) in [5.41, 5.74) is 9.10. The van der Waals surface area contributed by atoms with Gasteiger partial charge in [0.2, 0.25) is 0 Å². The first-order valence-corrected chi connectivity index (χ1v) is 17.8. The van der Waals surface area contributed by atoms with Gasteiger partial charge in [-0.2, -0.15) is 12.1 Å². The molecule has 258 valence electrons. The minimum Gasteiger partial charge on any atom is -0.509 e. The van der Waals surface area contributed by atoms with E-state index in [-0.39, 0.29) is 21.1 Å². The third-order valence-electron chi connectivity index (χ3n) is 10.3. The van der Waals surface area contributed by atoms with Crippen molar-refractivity contribution in [2.24, 2.45) is 0 Å². The molecule has 0 radical (unpaired) electrons. The van der Waals surface area contributed by atoms with E-state index < -0.39 is 0 Å². The van der Waals surface area contributed by atoms with E-state index in [0.29, 0.717) is 11.5 Å². The number of para-hydroxylation sites is 1. The second kappa shape index (κ2) is 13.7. The Balaban J connectivity index is 0.00000374. The minimum atomic E-state index is 0. The Hall–Kier alpha value is -4.87. The van der Waals surface area contributed by atoms with E-state index in [1.807, 2.05) is 30.5 Å². The molecule has 8 heteroatoms. The van der Waals surface area contributed by atoms with Crippen molar-refractivity contribution in [3.05, 3.63) is 120 Å². The van der Waals surface area contributed by atoms with Gasteiger partial charge >= 0.3 is 21.1 Å². The van der Waals surface area contributed by atoms with Gasteiger partial charge in [0.05, 0.1) is 5.56 Å². The molecule has 0 N–H and O–H groups in total. The monoisotopic (exact) mass is 851 g/mol. The molecule has 7 nitrogen and oxygen atoms in total. The van der Waals surface area contributed by atoms with Crippen molar-refractivity contribution >= 4 is 33.4 Å². The van der Waals surface area contributed by atoms with Crippen LogP contribution in [0.1, 0.15) is 42.4 Å². The SMILES string of the molecule is Cc1ccnc(-n2c3[c-]c(Oc4[c-]c(-n5nc(N6CCCC6)c(-c6c(C)cccc6C)c5N5CCCC5)ccc4)ccc3c3ccccc32)c1.[Pt+2]. The molecule has 2 fully saturated rings. The van der Waals surface area contributed by atoms with Gasteiger partial charge in [-0.05, 0) is 98.0 Å². The van der Waals surface area contributed by atoms with Crippen LogP contribution in [0.5, 0.6) is 11.5 Å². The van der Waals surface area contributed by atoms with Crippen molar-refractivity contribution in [2.45, 2.75) is 46.5 Å². The van der Waals surface area contributed by atoms with Crippen molar-refractivity contribution in [3.63, 3.8) is 0 Å². The van der Waals surface area contributed by atoms with Crippen molar-refractivity contribution in [2.75, 3.05) is 36.0 Å². The van der Waals surface area contributed by atoms with Crippen LogP contribution in [-0.4, -0.2) is 45.5 Å². The van der Waals surface area contributed by atoms with Crippen molar-refractivity contribution in [3.8, 4) is 34.1 Å². The van der Waals surface area contributed by atoms with Gasteiger partial charge < -0.3 is 19.1 Å². The van der Waals surface area contributed by atoms with Crippen LogP contribution in [0.15, 0.2) is 91.1 Å². The molecule has 4 aromatic carbocycles. The molecular formula is C43H40N6OPt. The summed E-state index contributed by atoms with van der Waals surface area (Å²) in [6, 6.07) is 36.6. The largest absolute Gasteiger partial charge is 2.00 e. The van der Waals surface area contributed by atoms with Crippen molar-refractivity contribution in [1.82, 2.24) is 19.3 Å². The zero-order valence-electron chi connectivity index (χ0n) is 29.2. The van der Waals surface area contributed by atoms with E-state index >= 15 is 0 Å². The predicted octanol–water partition coefficient (Wildman–Crippen LogP) is 9.55. The average molecular weight is 852 g/mol. The molecule has 2 aliphatic heterocycles. The topological polar surface area (TPSA) is 51.4 Å². The van der Waals surface area contributed by atoms with Gasteiger partial charge in [-0.15, -0.1) is 40.8 Å². The van der Waals surface area contributed by atoms with Crippen LogP contribution in [0.3, 0.4) is 0 Å². The number of ether oxygens (including phenoxy) is 1. The fourth-order valence-electron chi connectivity index (χ4n) is 7.92. The van der Waals surface area contributed by atoms with Crippen LogP contribution in [0.25, 0.3) is 44.4 Å². The Morgan fingerprint density at radius 3 is 2.14 bits per heavy atom. The zero-order chi connectivity index (χ0) is 33.8. The first-order valence-electron chi connectivity index (χ1n) is 17.8. The van der Waals surface area contributed by atoms with Gasteiger partial charge in [0.1, 0.15) is 11.6 Å². The molecule has 2 aliphatic rings. The molecular weight excluding hydrogens is 812 g/mol. The molecule has 2 saturated heterocycles. The first kappa shape index (κ1) is 33.3. The van der Waals surface area contributed by atoms with Crippen molar-refractivity contribution < 1.29 is 25.8 Å². The normalized spacial score (nSPS) is 14.5. The van der Waals surface area contributed by atoms with Crippen LogP contribution in [0.4, 0.5) is 11.6 Å². The molecule has 51 heavy (non-hydrogen) atoms. The number of aromatic nitrogens is 4. The quantitative estimate of drug-likeness (QED) is 0.150. The van der Waals surface area contributed by atoms with Gasteiger partial charge in [-0.25, -0.2) is 9.67 Å². The molecule has 0 unspecified atom stereocenters. The van der Waals surface area contributed by atoms with Crippen LogP contribution in [-0.2, 0) is 21.1 Å². The molecule has 0 saturated carbocycles. The number of aryl methyl sites for hydroxylation is 3. The molecule has 0 atom stereocenters. The molecule has 0 spiro atoms. The Morgan fingerprint density at radius 2 is 1.37 bits per heavy atom. The van der Waals surface area contributed by atoms with Gasteiger partial charge in [0.15, 0.2) is 5.82 Å². The summed E-state index contributed by atoms with van der Waals surface area (Å²) in [5, 5.41) is 7.69. The smallest absolute Gasteiger partial charge is 0.509 e. The number of rotatable bonds is 7. The fraction of sp³-hybridized carbons (Fsp3) is 0.256. The first-order chi connectivity index (χ1) is 24.5. The fourth-order valence-corrected chi connectivity index (χ4v) is 7.92. The summed E-state index contributed by atoms with van der Waals surface area (Å²) in [4.78, 5) is 9.73. The number of fused-ring (bicyclic) bond motifs is 3. The average Bonchev–Trinajstić information content (AvgIpc) is 3.94. The summed E-state index contributed by atoms with van der Waals surface area (Å²) in [6.07, 6.45) is 6.59. The number of hydrogen-bond donors (Lipinski definition) is 0. The standard InChI is InChI=1S/C43H40N6O.Pt/c1-29-20-21-44-39(26-29)48-37-17-5-4-16-35(37)36-19-18-34(28-38(36)48)50-33-15-11-14-32(27-33)49-43(47-24-8-9-25-47)41(40-30(2)12-10-13-31(40)3)42(45-49)46-22-6-7-23-46;/h4-5,10-21,26H,6-9,22-25H2,1-3H3;/q-2;+2. The summed E-state index contributed by atoms with van der Waals surface area (Å²) in [7, 11) is 0. The third kappa shape index (κ3) is 5.91. The van der Waals surface area contributed by atoms with E-state index in [9.17, 15) is 0 Å². The molecule has 0 bridgehead atoms. The Morgan fingerprint density at radius 1 is 0.667 bits per heavy atom. The van der Waals surface area contributed by atoms with Crippen molar-refractivity contribution in [1.29, 1.82) is 0 Å². The maximum atomic E-state index is 6.57. The summed E-state index contributed by atoms with van der Waals surface area (Å²) in [5.74, 6) is 4.32. The molecule has 7 aromatic rings. The molecule has 5 heterocycles. The van der Waals surface area contributed by atoms with Gasteiger partial charge in [0.25, 0.3) is 0 Å². The summed E-state index contributed by atoms with van der Waals surface area (Å²) < 4.78 is 10.9. The molecule has 3 aromatic heterocycles. The number of benzene rings is 4. The van der Waals surface area contributed by atoms with E-state index in [4.69, 9.17) is 14.8 Å². The van der Waals surface area contributed by atoms with Crippen LogP contribution in [0.2, 0.25) is 0 Å². The van der Waals surface area contributed by atoms with Gasteiger partial charge in [-0.3, -0.25) is 0 Å². The van der Waals surface area contributed by atoms with E-state index in [1.54, 1.807) is 0 Å². The maximum absolute atomic E-state index is 6.57. The minimum absolute atomic E-state index is 0. The van der Waals surface area contributed by atoms with Gasteiger partial charge in [0, 0.05) is 49.4 Å². The van der Waals surface area contributed by atoms with Crippen LogP contribution < -0.4 is 14.5 Å². The summed E-state index contributed by atoms with van der Waals surface area (Å²) in [6.45, 7) is 10.6. The number of pyridine rings is 1.